The Bertz CT molecular complexity index is 2100. The number of carbonyl (C=O) groups is 4. The van der Waals surface area contributed by atoms with Gasteiger partial charge in [-0.05, 0) is 19.9 Å². The minimum atomic E-state index is -1.78. The first kappa shape index (κ1) is 33.6. The zero-order valence-corrected chi connectivity index (χ0v) is 28.2. The molecule has 2 amide bonds. The molecular formula is C29H28N10O7S3. The second kappa shape index (κ2) is 12.9. The molecule has 2 aliphatic heterocycles. The molecule has 0 radical (unpaired) electrons. The lowest BCUT2D eigenvalue weighted by Gasteiger charge is -2.50. The number of aliphatic carboxylic acids is 2. The van der Waals surface area contributed by atoms with E-state index in [4.69, 9.17) is 21.7 Å². The van der Waals surface area contributed by atoms with Gasteiger partial charge in [0.1, 0.15) is 33.6 Å². The Kier molecular flexibility index (Phi) is 8.86. The van der Waals surface area contributed by atoms with E-state index in [9.17, 15) is 29.4 Å². The number of carboxylic acids is 2. The van der Waals surface area contributed by atoms with Gasteiger partial charge in [0.05, 0.1) is 29.1 Å². The van der Waals surface area contributed by atoms with E-state index in [0.29, 0.717) is 17.8 Å². The highest BCUT2D eigenvalue weighted by Gasteiger charge is 2.53. The summed E-state index contributed by atoms with van der Waals surface area (Å²) in [6, 6.07) is 2.70. The van der Waals surface area contributed by atoms with Crippen molar-refractivity contribution in [1.82, 2.24) is 24.8 Å². The SMILES string of the molecule is CC(C)(O/N=C(\C(=O)N[C@@H]1C(=O)N2C(C(=O)[O-])=C(C[n+]3ccc4c(ccn4Cc4nc(C(=N)N)cs4)c3)CS[C@H]12)c1csc(N)n1)C(=O)O. The van der Waals surface area contributed by atoms with Crippen LogP contribution >= 0.6 is 34.4 Å². The Morgan fingerprint density at radius 1 is 1.24 bits per heavy atom. The number of hydrogen-bond donors (Lipinski definition) is 5. The molecule has 1 fully saturated rings. The molecule has 0 bridgehead atoms. The van der Waals surface area contributed by atoms with E-state index in [-0.39, 0.29) is 34.7 Å². The van der Waals surface area contributed by atoms with Crippen LogP contribution in [0.25, 0.3) is 10.9 Å². The number of oxime groups is 1. The lowest BCUT2D eigenvalue weighted by Crippen LogP contribution is -2.71. The molecule has 4 aromatic heterocycles. The highest BCUT2D eigenvalue weighted by atomic mass is 32.2. The molecule has 254 valence electrons. The van der Waals surface area contributed by atoms with Crippen molar-refractivity contribution in [2.24, 2.45) is 10.9 Å². The fourth-order valence-electron chi connectivity index (χ4n) is 5.10. The topological polar surface area (TPSA) is 259 Å². The molecule has 6 heterocycles. The van der Waals surface area contributed by atoms with E-state index in [1.807, 2.05) is 33.7 Å². The predicted molar refractivity (Wildman–Crippen MR) is 177 cm³/mol. The number of carboxylic acid groups (broad SMARTS) is 2. The largest absolute Gasteiger partial charge is 0.543 e. The van der Waals surface area contributed by atoms with E-state index < -0.39 is 46.5 Å². The van der Waals surface area contributed by atoms with Crippen LogP contribution in [0.1, 0.15) is 30.2 Å². The normalized spacial score (nSPS) is 17.9. The first-order valence-corrected chi connectivity index (χ1v) is 17.2. The number of nitrogens with two attached hydrogens (primary N) is 2. The number of carbonyl (C=O) groups excluding carboxylic acids is 3. The van der Waals surface area contributed by atoms with Gasteiger partial charge in [-0.1, -0.05) is 5.16 Å². The molecule has 7 N–H and O–H groups in total. The number of thioether (sulfide) groups is 1. The zero-order chi connectivity index (χ0) is 35.2. The van der Waals surface area contributed by atoms with Crippen molar-refractivity contribution in [3.8, 4) is 0 Å². The minimum absolute atomic E-state index is 0.00775. The third-order valence-electron chi connectivity index (χ3n) is 7.66. The van der Waals surface area contributed by atoms with Crippen LogP contribution in [0.5, 0.6) is 0 Å². The zero-order valence-electron chi connectivity index (χ0n) is 25.8. The van der Waals surface area contributed by atoms with Crippen molar-refractivity contribution in [2.45, 2.75) is 44.0 Å². The van der Waals surface area contributed by atoms with Crippen LogP contribution in [0.3, 0.4) is 0 Å². The van der Waals surface area contributed by atoms with Crippen LogP contribution in [-0.4, -0.2) is 82.6 Å². The Labute approximate surface area is 289 Å². The summed E-state index contributed by atoms with van der Waals surface area (Å²) >= 11 is 3.70. The van der Waals surface area contributed by atoms with Crippen molar-refractivity contribution in [3.05, 3.63) is 69.1 Å². The second-order valence-electron chi connectivity index (χ2n) is 11.5. The number of amides is 2. The van der Waals surface area contributed by atoms with Crippen LogP contribution in [0.15, 0.2) is 57.9 Å². The van der Waals surface area contributed by atoms with Crippen LogP contribution in [-0.2, 0) is 37.1 Å². The van der Waals surface area contributed by atoms with Gasteiger partial charge in [0.15, 0.2) is 29.8 Å². The van der Waals surface area contributed by atoms with Crippen LogP contribution in [0.4, 0.5) is 5.13 Å². The minimum Gasteiger partial charge on any atom is -0.543 e. The number of rotatable bonds is 12. The standard InChI is InChI=1S/C29H28N10O7S3/c1-29(2,27(44)45)46-36-19(15-11-49-28(32)34-15)23(40)35-20-24(41)39-21(26(42)43)14(10-48-25(20)39)8-37-5-4-17-13(7-37)3-6-38(17)9-18-33-16(12-47-18)22(30)31/h3-7,11-12,20,25H,8-10H2,1-2H3,(H7-,30,31,32,34,35,40,42,43,44,45)/b36-19-/t20-,25-/m1/s1. The number of hydrogen-bond acceptors (Lipinski definition) is 14. The highest BCUT2D eigenvalue weighted by molar-refractivity contribution is 8.00. The summed E-state index contributed by atoms with van der Waals surface area (Å²) < 4.78 is 3.81. The molecule has 0 saturated carbocycles. The molecule has 1 saturated heterocycles. The van der Waals surface area contributed by atoms with E-state index in [1.165, 1.54) is 42.3 Å². The number of amidine groups is 1. The number of pyridine rings is 1. The monoisotopic (exact) mass is 724 g/mol. The van der Waals surface area contributed by atoms with E-state index in [2.05, 4.69) is 20.4 Å². The van der Waals surface area contributed by atoms with Gasteiger partial charge in [-0.2, -0.15) is 0 Å². The second-order valence-corrected chi connectivity index (χ2v) is 14.4. The molecule has 4 aromatic rings. The summed E-state index contributed by atoms with van der Waals surface area (Å²) in [5.74, 6) is -4.27. The number of nitrogens with one attached hydrogen (secondary N) is 2. The molecule has 20 heteroatoms. The Morgan fingerprint density at radius 2 is 2.00 bits per heavy atom. The number of aromatic nitrogens is 4. The number of anilines is 1. The van der Waals surface area contributed by atoms with E-state index >= 15 is 0 Å². The van der Waals surface area contributed by atoms with Crippen LogP contribution < -0.4 is 26.5 Å². The van der Waals surface area contributed by atoms with Crippen molar-refractivity contribution in [3.63, 3.8) is 0 Å². The number of nitrogen functional groups attached to an aromatic ring is 2. The van der Waals surface area contributed by atoms with Gasteiger partial charge >= 0.3 is 5.97 Å². The lowest BCUT2D eigenvalue weighted by atomic mass is 10.0. The van der Waals surface area contributed by atoms with Crippen molar-refractivity contribution >= 4 is 85.8 Å². The number of nitrogens with zero attached hydrogens (tertiary/aromatic N) is 6. The smallest absolute Gasteiger partial charge is 0.350 e. The van der Waals surface area contributed by atoms with Gasteiger partial charge in [-0.25, -0.2) is 19.3 Å². The molecule has 6 rings (SSSR count). The molecule has 2 atom stereocenters. The fraction of sp³-hybridized carbons (Fsp3) is 0.276. The van der Waals surface area contributed by atoms with Gasteiger partial charge in [-0.15, -0.1) is 34.4 Å². The number of thiazole rings is 2. The molecule has 0 spiro atoms. The summed E-state index contributed by atoms with van der Waals surface area (Å²) in [5, 5.41) is 39.8. The van der Waals surface area contributed by atoms with Gasteiger partial charge in [-0.3, -0.25) is 19.9 Å². The van der Waals surface area contributed by atoms with E-state index in [0.717, 1.165) is 32.1 Å². The van der Waals surface area contributed by atoms with Crippen molar-refractivity contribution in [1.29, 1.82) is 5.41 Å². The third kappa shape index (κ3) is 6.56. The predicted octanol–water partition coefficient (Wildman–Crippen LogP) is -0.556. The maximum Gasteiger partial charge on any atom is 0.350 e. The molecule has 17 nitrogen and oxygen atoms in total. The van der Waals surface area contributed by atoms with Crippen molar-refractivity contribution in [2.75, 3.05) is 11.5 Å². The van der Waals surface area contributed by atoms with Crippen LogP contribution in [0, 0.1) is 5.41 Å². The quantitative estimate of drug-likeness (QED) is 0.0405. The molecule has 49 heavy (non-hydrogen) atoms. The number of β-lactam (4-membered cyclic amide) rings is 1. The maximum absolute atomic E-state index is 13.3. The Morgan fingerprint density at radius 3 is 2.65 bits per heavy atom. The maximum atomic E-state index is 13.3. The van der Waals surface area contributed by atoms with Gasteiger partial charge in [0.25, 0.3) is 11.8 Å². The third-order valence-corrected chi connectivity index (χ3v) is 10.5. The van der Waals surface area contributed by atoms with Gasteiger partial charge in [0.2, 0.25) is 5.60 Å². The molecule has 0 unspecified atom stereocenters. The number of fused-ring (bicyclic) bond motifs is 2. The average Bonchev–Trinajstić information content (AvgIpc) is 3.80. The summed E-state index contributed by atoms with van der Waals surface area (Å²) in [4.78, 5) is 65.2. The summed E-state index contributed by atoms with van der Waals surface area (Å²) in [6.07, 6.45) is 5.58. The van der Waals surface area contributed by atoms with Gasteiger partial charge in [0, 0.05) is 34.3 Å². The lowest BCUT2D eigenvalue weighted by molar-refractivity contribution is -0.687. The van der Waals surface area contributed by atoms with Crippen molar-refractivity contribution < 1.29 is 38.8 Å². The molecular weight excluding hydrogens is 697 g/mol. The van der Waals surface area contributed by atoms with E-state index in [1.54, 1.807) is 11.6 Å². The molecule has 0 aliphatic carbocycles. The Hall–Kier alpha value is -5.34. The first-order valence-electron chi connectivity index (χ1n) is 14.4. The average molecular weight is 725 g/mol. The highest BCUT2D eigenvalue weighted by Crippen LogP contribution is 2.40. The van der Waals surface area contributed by atoms with Gasteiger partial charge < -0.3 is 41.2 Å². The first-order chi connectivity index (χ1) is 23.2. The molecule has 2 aliphatic rings. The summed E-state index contributed by atoms with van der Waals surface area (Å²) in [7, 11) is 0. The molecule has 0 aromatic carbocycles. The van der Waals surface area contributed by atoms with Crippen LogP contribution in [0.2, 0.25) is 0 Å². The fourth-order valence-corrected chi connectivity index (χ4v) is 7.78. The summed E-state index contributed by atoms with van der Waals surface area (Å²) in [5.41, 5.74) is 10.6. The Balaban J connectivity index is 1.18. The summed E-state index contributed by atoms with van der Waals surface area (Å²) in [6.45, 7) is 3.13.